The first-order valence-corrected chi connectivity index (χ1v) is 6.78. The van der Waals surface area contributed by atoms with Gasteiger partial charge in [-0.15, -0.1) is 5.73 Å². The fraction of sp³-hybridized carbons (Fsp3) is 0.812. The van der Waals surface area contributed by atoms with E-state index in [0.717, 1.165) is 23.7 Å². The van der Waals surface area contributed by atoms with Gasteiger partial charge in [0.1, 0.15) is 0 Å². The van der Waals surface area contributed by atoms with Gasteiger partial charge in [0.05, 0.1) is 0 Å². The zero-order valence-corrected chi connectivity index (χ0v) is 11.7. The summed E-state index contributed by atoms with van der Waals surface area (Å²) in [4.78, 5) is 0. The minimum atomic E-state index is 0.568. The van der Waals surface area contributed by atoms with E-state index in [0.29, 0.717) is 5.41 Å². The summed E-state index contributed by atoms with van der Waals surface area (Å²) in [6.07, 6.45) is 6.11. The van der Waals surface area contributed by atoms with Crippen LogP contribution in [-0.4, -0.2) is 0 Å². The Balaban J connectivity index is 2.62. The Morgan fingerprint density at radius 2 is 1.94 bits per heavy atom. The lowest BCUT2D eigenvalue weighted by molar-refractivity contribution is 0.268. The molecule has 1 aliphatic carbocycles. The Hall–Kier alpha value is -0.480. The van der Waals surface area contributed by atoms with Crippen LogP contribution >= 0.6 is 0 Å². The summed E-state index contributed by atoms with van der Waals surface area (Å²) < 4.78 is 0. The highest BCUT2D eigenvalue weighted by atomic mass is 14.6. The van der Waals surface area contributed by atoms with Gasteiger partial charge in [-0.05, 0) is 54.4 Å². The van der Waals surface area contributed by atoms with Crippen LogP contribution in [0.3, 0.4) is 0 Å². The van der Waals surface area contributed by atoms with E-state index >= 15 is 0 Å². The molecule has 0 heterocycles. The maximum absolute atomic E-state index is 3.69. The molecule has 0 spiro atoms. The van der Waals surface area contributed by atoms with E-state index in [1.165, 1.54) is 19.3 Å². The number of hydrogen-bond acceptors (Lipinski definition) is 0. The molecule has 0 aromatic heterocycles. The van der Waals surface area contributed by atoms with Crippen molar-refractivity contribution in [3.8, 4) is 0 Å². The van der Waals surface area contributed by atoms with Crippen molar-refractivity contribution in [3.63, 3.8) is 0 Å². The Morgan fingerprint density at radius 3 is 2.38 bits per heavy atom. The first-order chi connectivity index (χ1) is 7.44. The van der Waals surface area contributed by atoms with E-state index in [1.54, 1.807) is 0 Å². The summed E-state index contributed by atoms with van der Waals surface area (Å²) >= 11 is 0. The molecule has 1 rings (SSSR count). The first kappa shape index (κ1) is 13.6. The van der Waals surface area contributed by atoms with Crippen LogP contribution in [0.5, 0.6) is 0 Å². The standard InChI is InChI=1S/C16H28/c1-7-8-9-16(13(4)5)11-15(16)14(6)10-12(2)3/h8,12-15H,1,9-11H2,2-6H3. The minimum Gasteiger partial charge on any atom is -0.133 e. The summed E-state index contributed by atoms with van der Waals surface area (Å²) in [5.41, 5.74) is 3.51. The van der Waals surface area contributed by atoms with Gasteiger partial charge in [-0.2, -0.15) is 0 Å². The highest BCUT2D eigenvalue weighted by molar-refractivity contribution is 5.09. The molecule has 92 valence electrons. The van der Waals surface area contributed by atoms with Crippen LogP contribution in [0.15, 0.2) is 18.4 Å². The van der Waals surface area contributed by atoms with Gasteiger partial charge in [0.2, 0.25) is 0 Å². The second-order valence-electron chi connectivity index (χ2n) is 6.42. The molecule has 0 heteroatoms. The zero-order valence-electron chi connectivity index (χ0n) is 11.7. The van der Waals surface area contributed by atoms with Crippen LogP contribution < -0.4 is 0 Å². The first-order valence-electron chi connectivity index (χ1n) is 6.78. The van der Waals surface area contributed by atoms with E-state index in [1.807, 2.05) is 0 Å². The average Bonchev–Trinajstić information content (AvgIpc) is 2.89. The Kier molecular flexibility index (Phi) is 4.44. The molecular weight excluding hydrogens is 192 g/mol. The van der Waals surface area contributed by atoms with Gasteiger partial charge < -0.3 is 0 Å². The molecule has 1 fully saturated rings. The van der Waals surface area contributed by atoms with Crippen LogP contribution in [0.2, 0.25) is 0 Å². The molecule has 0 amide bonds. The smallest absolute Gasteiger partial charge is 0.0200 e. The molecule has 0 radical (unpaired) electrons. The molecule has 0 N–H and O–H groups in total. The van der Waals surface area contributed by atoms with E-state index in [9.17, 15) is 0 Å². The highest BCUT2D eigenvalue weighted by Gasteiger charge is 2.56. The average molecular weight is 220 g/mol. The van der Waals surface area contributed by atoms with E-state index < -0.39 is 0 Å². The SMILES string of the molecule is C=C=CCC1(C(C)C)CC1C(C)CC(C)C. The molecule has 0 aromatic rings. The van der Waals surface area contributed by atoms with Crippen LogP contribution in [-0.2, 0) is 0 Å². The molecule has 16 heavy (non-hydrogen) atoms. The molecule has 0 nitrogen and oxygen atoms in total. The van der Waals surface area contributed by atoms with Crippen molar-refractivity contribution in [2.24, 2.45) is 29.1 Å². The van der Waals surface area contributed by atoms with Gasteiger partial charge in [0, 0.05) is 0 Å². The fourth-order valence-corrected chi connectivity index (χ4v) is 3.42. The van der Waals surface area contributed by atoms with E-state index in [4.69, 9.17) is 0 Å². The third-order valence-electron chi connectivity index (χ3n) is 4.48. The maximum atomic E-state index is 3.69. The van der Waals surface area contributed by atoms with Crippen molar-refractivity contribution in [2.45, 2.75) is 53.9 Å². The quantitative estimate of drug-likeness (QED) is 0.549. The van der Waals surface area contributed by atoms with Crippen molar-refractivity contribution in [3.05, 3.63) is 18.4 Å². The van der Waals surface area contributed by atoms with Gasteiger partial charge in [-0.3, -0.25) is 0 Å². The molecule has 1 aliphatic rings. The normalized spacial score (nSPS) is 30.3. The van der Waals surface area contributed by atoms with Crippen LogP contribution in [0, 0.1) is 29.1 Å². The van der Waals surface area contributed by atoms with Crippen molar-refractivity contribution in [1.82, 2.24) is 0 Å². The number of allylic oxidation sites excluding steroid dienone is 1. The van der Waals surface area contributed by atoms with Gasteiger partial charge in [0.15, 0.2) is 0 Å². The predicted octanol–water partition coefficient (Wildman–Crippen LogP) is 5.06. The third-order valence-corrected chi connectivity index (χ3v) is 4.48. The monoisotopic (exact) mass is 220 g/mol. The third kappa shape index (κ3) is 2.80. The molecule has 0 bridgehead atoms. The molecule has 0 aliphatic heterocycles. The van der Waals surface area contributed by atoms with Crippen LogP contribution in [0.25, 0.3) is 0 Å². The lowest BCUT2D eigenvalue weighted by Gasteiger charge is -2.23. The Labute approximate surface area is 102 Å². The molecular formula is C16H28. The summed E-state index contributed by atoms with van der Waals surface area (Å²) in [5, 5.41) is 0. The molecule has 3 unspecified atom stereocenters. The zero-order chi connectivity index (χ0) is 12.3. The van der Waals surface area contributed by atoms with Gasteiger partial charge in [-0.25, -0.2) is 0 Å². The van der Waals surface area contributed by atoms with Crippen molar-refractivity contribution in [2.75, 3.05) is 0 Å². The topological polar surface area (TPSA) is 0 Å². The highest BCUT2D eigenvalue weighted by Crippen LogP contribution is 2.64. The van der Waals surface area contributed by atoms with Crippen molar-refractivity contribution >= 4 is 0 Å². The van der Waals surface area contributed by atoms with Crippen LogP contribution in [0.4, 0.5) is 0 Å². The molecule has 3 atom stereocenters. The number of hydrogen-bond donors (Lipinski definition) is 0. The van der Waals surface area contributed by atoms with Gasteiger partial charge >= 0.3 is 0 Å². The summed E-state index contributed by atoms with van der Waals surface area (Å²) in [6.45, 7) is 15.5. The van der Waals surface area contributed by atoms with E-state index in [2.05, 4.69) is 53.0 Å². The summed E-state index contributed by atoms with van der Waals surface area (Å²) in [5.74, 6) is 3.42. The Morgan fingerprint density at radius 1 is 1.31 bits per heavy atom. The second-order valence-corrected chi connectivity index (χ2v) is 6.42. The summed E-state index contributed by atoms with van der Waals surface area (Å²) in [7, 11) is 0. The van der Waals surface area contributed by atoms with Crippen molar-refractivity contribution < 1.29 is 0 Å². The lowest BCUT2D eigenvalue weighted by Crippen LogP contribution is -2.16. The van der Waals surface area contributed by atoms with Gasteiger partial charge in [-0.1, -0.05) is 41.2 Å². The second kappa shape index (κ2) is 5.23. The minimum absolute atomic E-state index is 0.568. The predicted molar refractivity (Wildman–Crippen MR) is 72.3 cm³/mol. The van der Waals surface area contributed by atoms with E-state index in [-0.39, 0.29) is 0 Å². The Bertz CT molecular complexity index is 268. The maximum Gasteiger partial charge on any atom is -0.0200 e. The fourth-order valence-electron chi connectivity index (χ4n) is 3.42. The summed E-state index contributed by atoms with van der Waals surface area (Å²) in [6, 6.07) is 0. The van der Waals surface area contributed by atoms with Crippen molar-refractivity contribution in [1.29, 1.82) is 0 Å². The lowest BCUT2D eigenvalue weighted by atomic mass is 9.81. The number of rotatable bonds is 6. The molecule has 0 saturated heterocycles. The van der Waals surface area contributed by atoms with Crippen LogP contribution in [0.1, 0.15) is 53.9 Å². The molecule has 1 saturated carbocycles. The largest absolute Gasteiger partial charge is 0.133 e. The molecule has 0 aromatic carbocycles. The van der Waals surface area contributed by atoms with Gasteiger partial charge in [0.25, 0.3) is 0 Å².